The van der Waals surface area contributed by atoms with Crippen LogP contribution in [-0.4, -0.2) is 14.2 Å². The van der Waals surface area contributed by atoms with E-state index in [1.165, 1.54) is 6.20 Å². The maximum Gasteiger partial charge on any atom is 0.0939 e. The van der Waals surface area contributed by atoms with Gasteiger partial charge in [-0.2, -0.15) is 10.2 Å². The Bertz CT molecular complexity index is 197. The topological polar surface area (TPSA) is 34.0 Å². The van der Waals surface area contributed by atoms with E-state index in [1.54, 1.807) is 27.2 Å². The van der Waals surface area contributed by atoms with Gasteiger partial charge in [0, 0.05) is 7.05 Å². The highest BCUT2D eigenvalue weighted by atomic mass is 35.5. The minimum absolute atomic E-state index is 0.495. The van der Waals surface area contributed by atoms with Crippen molar-refractivity contribution in [2.45, 2.75) is 6.92 Å². The van der Waals surface area contributed by atoms with Gasteiger partial charge in [0.2, 0.25) is 0 Å². The Morgan fingerprint density at radius 3 is 2.64 bits per heavy atom. The summed E-state index contributed by atoms with van der Waals surface area (Å²) in [6, 6.07) is 0. The number of nitrogens with zero attached hydrogens (tertiary/aromatic N) is 2. The van der Waals surface area contributed by atoms with Crippen molar-refractivity contribution in [3.8, 4) is 0 Å². The molecule has 0 rings (SSSR count). The van der Waals surface area contributed by atoms with Crippen molar-refractivity contribution in [3.63, 3.8) is 0 Å². The second-order valence-electron chi connectivity index (χ2n) is 1.79. The molecule has 0 fully saturated rings. The van der Waals surface area contributed by atoms with Crippen LogP contribution >= 0.6 is 11.6 Å². The van der Waals surface area contributed by atoms with Gasteiger partial charge >= 0.3 is 0 Å². The van der Waals surface area contributed by atoms with Gasteiger partial charge in [0.15, 0.2) is 0 Å². The fourth-order valence-electron chi connectivity index (χ4n) is 0.403. The molecule has 0 amide bonds. The SMILES string of the molecule is CN=N/C=C(Cl)\C=C(\C)OC. The summed E-state index contributed by atoms with van der Waals surface area (Å²) in [6.07, 6.45) is 3.11. The molecule has 62 valence electrons. The monoisotopic (exact) mass is 174 g/mol. The summed E-state index contributed by atoms with van der Waals surface area (Å²) in [5.74, 6) is 0.734. The first-order valence-corrected chi connectivity index (χ1v) is 3.45. The number of allylic oxidation sites excluding steroid dienone is 3. The van der Waals surface area contributed by atoms with Gasteiger partial charge < -0.3 is 4.74 Å². The van der Waals surface area contributed by atoms with Gasteiger partial charge in [-0.05, 0) is 13.0 Å². The molecule has 0 aliphatic rings. The zero-order valence-electron chi connectivity index (χ0n) is 6.84. The first kappa shape index (κ1) is 10.2. The van der Waals surface area contributed by atoms with Gasteiger partial charge in [-0.3, -0.25) is 0 Å². The summed E-state index contributed by atoms with van der Waals surface area (Å²) in [5, 5.41) is 7.59. The van der Waals surface area contributed by atoms with Gasteiger partial charge in [-0.1, -0.05) is 11.6 Å². The molecule has 0 aromatic heterocycles. The molecule has 0 spiro atoms. The summed E-state index contributed by atoms with van der Waals surface area (Å²) in [4.78, 5) is 0. The molecule has 0 aliphatic carbocycles. The summed E-state index contributed by atoms with van der Waals surface area (Å²) < 4.78 is 4.86. The predicted octanol–water partition coefficient (Wildman–Crippen LogP) is 2.70. The zero-order chi connectivity index (χ0) is 8.69. The first-order chi connectivity index (χ1) is 5.20. The fourth-order valence-corrected chi connectivity index (χ4v) is 0.601. The molecule has 0 atom stereocenters. The van der Waals surface area contributed by atoms with E-state index in [0.717, 1.165) is 5.76 Å². The quantitative estimate of drug-likeness (QED) is 0.368. The summed E-state index contributed by atoms with van der Waals surface area (Å²) >= 11 is 5.68. The molecule has 0 bridgehead atoms. The number of halogens is 1. The Morgan fingerprint density at radius 2 is 2.18 bits per heavy atom. The van der Waals surface area contributed by atoms with Gasteiger partial charge in [0.25, 0.3) is 0 Å². The van der Waals surface area contributed by atoms with E-state index in [-0.39, 0.29) is 0 Å². The fraction of sp³-hybridized carbons (Fsp3) is 0.429. The average Bonchev–Trinajstić information content (AvgIpc) is 2.00. The van der Waals surface area contributed by atoms with Crippen molar-refractivity contribution in [1.29, 1.82) is 0 Å². The lowest BCUT2D eigenvalue weighted by Gasteiger charge is -1.95. The van der Waals surface area contributed by atoms with Crippen LogP contribution in [0.1, 0.15) is 6.92 Å². The molecule has 3 nitrogen and oxygen atoms in total. The maximum absolute atomic E-state index is 5.68. The van der Waals surface area contributed by atoms with E-state index in [1.807, 2.05) is 0 Å². The predicted molar refractivity (Wildman–Crippen MR) is 45.5 cm³/mol. The Hall–Kier alpha value is -0.830. The van der Waals surface area contributed by atoms with Crippen LogP contribution in [0.5, 0.6) is 0 Å². The Kier molecular flexibility index (Phi) is 5.47. The molecular weight excluding hydrogens is 164 g/mol. The lowest BCUT2D eigenvalue weighted by molar-refractivity contribution is 0.293. The van der Waals surface area contributed by atoms with Crippen LogP contribution in [0.25, 0.3) is 0 Å². The standard InChI is InChI=1S/C7H11ClN2O/c1-6(11-3)4-7(8)5-10-9-2/h4-5H,1-3H3/b6-4-,7-5+,10-9?. The van der Waals surface area contributed by atoms with Crippen molar-refractivity contribution in [2.24, 2.45) is 10.2 Å². The van der Waals surface area contributed by atoms with Crippen LogP contribution in [0.15, 0.2) is 33.3 Å². The number of methoxy groups -OCH3 is 1. The van der Waals surface area contributed by atoms with E-state index in [9.17, 15) is 0 Å². The molecule has 0 aliphatic heterocycles. The molecule has 4 heteroatoms. The van der Waals surface area contributed by atoms with E-state index in [2.05, 4.69) is 10.2 Å². The highest BCUT2D eigenvalue weighted by Gasteiger charge is 1.87. The lowest BCUT2D eigenvalue weighted by atomic mass is 10.4. The molecule has 0 heterocycles. The number of hydrogen-bond acceptors (Lipinski definition) is 3. The molecule has 0 aromatic rings. The van der Waals surface area contributed by atoms with E-state index in [0.29, 0.717) is 5.03 Å². The molecule has 0 saturated carbocycles. The van der Waals surface area contributed by atoms with Crippen LogP contribution in [0, 0.1) is 0 Å². The van der Waals surface area contributed by atoms with Crippen molar-refractivity contribution in [3.05, 3.63) is 23.1 Å². The number of ether oxygens (including phenoxy) is 1. The van der Waals surface area contributed by atoms with Crippen LogP contribution in [0.4, 0.5) is 0 Å². The summed E-state index contributed by atoms with van der Waals surface area (Å²) in [5.41, 5.74) is 0. The van der Waals surface area contributed by atoms with E-state index >= 15 is 0 Å². The smallest absolute Gasteiger partial charge is 0.0939 e. The molecule has 0 radical (unpaired) electrons. The molecule has 0 aromatic carbocycles. The van der Waals surface area contributed by atoms with E-state index in [4.69, 9.17) is 16.3 Å². The lowest BCUT2D eigenvalue weighted by Crippen LogP contribution is -1.77. The van der Waals surface area contributed by atoms with Gasteiger partial charge in [-0.25, -0.2) is 0 Å². The number of hydrogen-bond donors (Lipinski definition) is 0. The summed E-state index contributed by atoms with van der Waals surface area (Å²) in [6.45, 7) is 1.80. The molecule has 11 heavy (non-hydrogen) atoms. The minimum Gasteiger partial charge on any atom is -0.501 e. The van der Waals surface area contributed by atoms with Crippen LogP contribution < -0.4 is 0 Å². The zero-order valence-corrected chi connectivity index (χ0v) is 7.59. The third kappa shape index (κ3) is 5.61. The largest absolute Gasteiger partial charge is 0.501 e. The Morgan fingerprint density at radius 1 is 1.55 bits per heavy atom. The normalized spacial score (nSPS) is 14.2. The van der Waals surface area contributed by atoms with Gasteiger partial charge in [0.1, 0.15) is 0 Å². The van der Waals surface area contributed by atoms with Crippen molar-refractivity contribution in [2.75, 3.05) is 14.2 Å². The highest BCUT2D eigenvalue weighted by molar-refractivity contribution is 6.31. The summed E-state index contributed by atoms with van der Waals surface area (Å²) in [7, 11) is 3.16. The second kappa shape index (κ2) is 5.92. The Labute approximate surface area is 71.4 Å². The molecule has 0 N–H and O–H groups in total. The van der Waals surface area contributed by atoms with Crippen molar-refractivity contribution < 1.29 is 4.74 Å². The molecule has 0 saturated heterocycles. The minimum atomic E-state index is 0.495. The van der Waals surface area contributed by atoms with Gasteiger partial charge in [-0.15, -0.1) is 0 Å². The third-order valence-electron chi connectivity index (χ3n) is 0.960. The Balaban J connectivity index is 4.14. The molecule has 0 unspecified atom stereocenters. The average molecular weight is 175 g/mol. The van der Waals surface area contributed by atoms with Crippen molar-refractivity contribution in [1.82, 2.24) is 0 Å². The van der Waals surface area contributed by atoms with Crippen molar-refractivity contribution >= 4 is 11.6 Å². The maximum atomic E-state index is 5.68. The second-order valence-corrected chi connectivity index (χ2v) is 2.23. The highest BCUT2D eigenvalue weighted by Crippen LogP contribution is 2.07. The van der Waals surface area contributed by atoms with Gasteiger partial charge in [0.05, 0.1) is 24.1 Å². The third-order valence-corrected chi connectivity index (χ3v) is 1.17. The number of azo groups is 1. The van der Waals surface area contributed by atoms with Crippen LogP contribution in [0.2, 0.25) is 0 Å². The molecular formula is C7H11ClN2O. The van der Waals surface area contributed by atoms with E-state index < -0.39 is 0 Å². The number of rotatable bonds is 3. The first-order valence-electron chi connectivity index (χ1n) is 3.07. The van der Waals surface area contributed by atoms with Crippen LogP contribution in [-0.2, 0) is 4.74 Å². The van der Waals surface area contributed by atoms with Crippen LogP contribution in [0.3, 0.4) is 0 Å².